The lowest BCUT2D eigenvalue weighted by Crippen LogP contribution is -2.41. The second-order valence-corrected chi connectivity index (χ2v) is 5.32. The number of amides is 1. The zero-order valence-electron chi connectivity index (χ0n) is 12.2. The fourth-order valence-corrected chi connectivity index (χ4v) is 2.49. The Kier molecular flexibility index (Phi) is 5.87. The van der Waals surface area contributed by atoms with E-state index in [4.69, 9.17) is 4.74 Å². The second-order valence-electron chi connectivity index (χ2n) is 5.32. The van der Waals surface area contributed by atoms with Crippen LogP contribution in [0.2, 0.25) is 0 Å². The number of nitrogens with one attached hydrogen (secondary N) is 1. The van der Waals surface area contributed by atoms with E-state index in [1.54, 1.807) is 0 Å². The number of carbonyl (C=O) groups is 1. The van der Waals surface area contributed by atoms with Crippen LogP contribution in [0.15, 0.2) is 30.3 Å². The van der Waals surface area contributed by atoms with Crippen LogP contribution in [0, 0.1) is 5.92 Å². The van der Waals surface area contributed by atoms with Crippen LogP contribution < -0.4 is 10.1 Å². The topological polar surface area (TPSA) is 41.6 Å². The van der Waals surface area contributed by atoms with Gasteiger partial charge in [-0.25, -0.2) is 0 Å². The lowest BCUT2D eigenvalue weighted by Gasteiger charge is -2.27. The molecule has 20 heavy (non-hydrogen) atoms. The first-order chi connectivity index (χ1) is 9.77. The minimum absolute atomic E-state index is 0.156. The Morgan fingerprint density at radius 1 is 1.40 bits per heavy atom. The molecule has 1 aromatic rings. The van der Waals surface area contributed by atoms with Crippen LogP contribution in [-0.4, -0.2) is 44.1 Å². The number of rotatable bonds is 6. The van der Waals surface area contributed by atoms with Crippen molar-refractivity contribution in [3.63, 3.8) is 0 Å². The van der Waals surface area contributed by atoms with Crippen molar-refractivity contribution in [2.24, 2.45) is 5.92 Å². The maximum Gasteiger partial charge on any atom is 0.226 e. The molecule has 1 amide bonds. The lowest BCUT2D eigenvalue weighted by molar-refractivity contribution is -0.134. The zero-order chi connectivity index (χ0) is 14.2. The average molecular weight is 276 g/mol. The van der Waals surface area contributed by atoms with Gasteiger partial charge in [0.05, 0.1) is 12.5 Å². The van der Waals surface area contributed by atoms with Gasteiger partial charge in [-0.1, -0.05) is 18.2 Å². The molecule has 4 nitrogen and oxygen atoms in total. The van der Waals surface area contributed by atoms with Gasteiger partial charge in [-0.3, -0.25) is 4.79 Å². The molecule has 1 heterocycles. The Morgan fingerprint density at radius 3 is 2.90 bits per heavy atom. The maximum atomic E-state index is 12.2. The van der Waals surface area contributed by atoms with Crippen LogP contribution in [0.5, 0.6) is 5.75 Å². The molecule has 0 radical (unpaired) electrons. The van der Waals surface area contributed by atoms with Crippen LogP contribution in [0.1, 0.15) is 19.3 Å². The standard InChI is InChI=1S/C16H24N2O2/c1-18(16(19)14-7-5-10-17-13-14)11-6-12-20-15-8-3-2-4-9-15/h2-4,8-9,14,17H,5-7,10-13H2,1H3/t14-/m1/s1. The van der Waals surface area contributed by atoms with Crippen molar-refractivity contribution in [1.29, 1.82) is 0 Å². The van der Waals surface area contributed by atoms with Crippen molar-refractivity contribution in [2.45, 2.75) is 19.3 Å². The van der Waals surface area contributed by atoms with Crippen LogP contribution in [-0.2, 0) is 4.79 Å². The molecule has 1 atom stereocenters. The highest BCUT2D eigenvalue weighted by Crippen LogP contribution is 2.13. The van der Waals surface area contributed by atoms with Gasteiger partial charge in [-0.15, -0.1) is 0 Å². The zero-order valence-corrected chi connectivity index (χ0v) is 12.2. The van der Waals surface area contributed by atoms with Gasteiger partial charge in [-0.05, 0) is 37.9 Å². The third-order valence-corrected chi connectivity index (χ3v) is 3.67. The molecule has 1 aliphatic rings. The van der Waals surface area contributed by atoms with Crippen LogP contribution >= 0.6 is 0 Å². The van der Waals surface area contributed by atoms with Crippen molar-refractivity contribution < 1.29 is 9.53 Å². The number of hydrogen-bond acceptors (Lipinski definition) is 3. The quantitative estimate of drug-likeness (QED) is 0.807. The highest BCUT2D eigenvalue weighted by Gasteiger charge is 2.23. The summed E-state index contributed by atoms with van der Waals surface area (Å²) in [5.41, 5.74) is 0. The molecule has 0 spiro atoms. The number of para-hydroxylation sites is 1. The van der Waals surface area contributed by atoms with E-state index in [0.29, 0.717) is 6.61 Å². The smallest absolute Gasteiger partial charge is 0.226 e. The third-order valence-electron chi connectivity index (χ3n) is 3.67. The predicted molar refractivity (Wildman–Crippen MR) is 79.8 cm³/mol. The summed E-state index contributed by atoms with van der Waals surface area (Å²) >= 11 is 0. The molecule has 1 saturated heterocycles. The number of benzene rings is 1. The highest BCUT2D eigenvalue weighted by molar-refractivity contribution is 5.78. The Balaban J connectivity index is 1.64. The molecular weight excluding hydrogens is 252 g/mol. The molecule has 1 aliphatic heterocycles. The van der Waals surface area contributed by atoms with E-state index in [9.17, 15) is 4.79 Å². The summed E-state index contributed by atoms with van der Waals surface area (Å²) in [7, 11) is 1.89. The largest absolute Gasteiger partial charge is 0.494 e. The Hall–Kier alpha value is -1.55. The van der Waals surface area contributed by atoms with E-state index in [2.05, 4.69) is 5.32 Å². The van der Waals surface area contributed by atoms with Gasteiger partial charge in [0.1, 0.15) is 5.75 Å². The second kappa shape index (κ2) is 7.90. The van der Waals surface area contributed by atoms with Gasteiger partial charge >= 0.3 is 0 Å². The van der Waals surface area contributed by atoms with Crippen molar-refractivity contribution in [3.05, 3.63) is 30.3 Å². The molecule has 0 unspecified atom stereocenters. The summed E-state index contributed by atoms with van der Waals surface area (Å²) in [6.07, 6.45) is 2.97. The Morgan fingerprint density at radius 2 is 2.20 bits per heavy atom. The summed E-state index contributed by atoms with van der Waals surface area (Å²) < 4.78 is 5.63. The Bertz CT molecular complexity index is 402. The van der Waals surface area contributed by atoms with Crippen molar-refractivity contribution in [1.82, 2.24) is 10.2 Å². The minimum Gasteiger partial charge on any atom is -0.494 e. The van der Waals surface area contributed by atoms with E-state index in [-0.39, 0.29) is 11.8 Å². The normalized spacial score (nSPS) is 18.6. The molecule has 1 fully saturated rings. The van der Waals surface area contributed by atoms with Crippen molar-refractivity contribution >= 4 is 5.91 Å². The van der Waals surface area contributed by atoms with Gasteiger partial charge in [0, 0.05) is 20.1 Å². The highest BCUT2D eigenvalue weighted by atomic mass is 16.5. The lowest BCUT2D eigenvalue weighted by atomic mass is 9.98. The van der Waals surface area contributed by atoms with Gasteiger partial charge in [0.25, 0.3) is 0 Å². The summed E-state index contributed by atoms with van der Waals surface area (Å²) in [6, 6.07) is 9.78. The molecule has 1 N–H and O–H groups in total. The number of hydrogen-bond donors (Lipinski definition) is 1. The van der Waals surface area contributed by atoms with Crippen molar-refractivity contribution in [3.8, 4) is 5.75 Å². The van der Waals surface area contributed by atoms with Gasteiger partial charge in [0.2, 0.25) is 5.91 Å². The summed E-state index contributed by atoms with van der Waals surface area (Å²) in [5.74, 6) is 1.30. The van der Waals surface area contributed by atoms with Gasteiger partial charge in [0.15, 0.2) is 0 Å². The Labute approximate surface area is 121 Å². The predicted octanol–water partition coefficient (Wildman–Crippen LogP) is 1.91. The van der Waals surface area contributed by atoms with Gasteiger partial charge in [-0.2, -0.15) is 0 Å². The molecule has 110 valence electrons. The monoisotopic (exact) mass is 276 g/mol. The van der Waals surface area contributed by atoms with Crippen LogP contribution in [0.25, 0.3) is 0 Å². The first-order valence-electron chi connectivity index (χ1n) is 7.41. The van der Waals surface area contributed by atoms with E-state index < -0.39 is 0 Å². The summed E-state index contributed by atoms with van der Waals surface area (Å²) in [5, 5.41) is 3.29. The molecule has 4 heteroatoms. The van der Waals surface area contributed by atoms with E-state index in [0.717, 1.165) is 44.6 Å². The fourth-order valence-electron chi connectivity index (χ4n) is 2.49. The summed E-state index contributed by atoms with van der Waals surface area (Å²) in [4.78, 5) is 14.0. The molecule has 2 rings (SSSR count). The molecule has 0 bridgehead atoms. The number of nitrogens with zero attached hydrogens (tertiary/aromatic N) is 1. The van der Waals surface area contributed by atoms with Crippen LogP contribution in [0.3, 0.4) is 0 Å². The molecule has 0 aliphatic carbocycles. The fraction of sp³-hybridized carbons (Fsp3) is 0.562. The molecule has 0 aromatic heterocycles. The molecule has 1 aromatic carbocycles. The van der Waals surface area contributed by atoms with Crippen LogP contribution in [0.4, 0.5) is 0 Å². The number of carbonyl (C=O) groups excluding carboxylic acids is 1. The van der Waals surface area contributed by atoms with Gasteiger partial charge < -0.3 is 15.0 Å². The first kappa shape index (κ1) is 14.9. The van der Waals surface area contributed by atoms with E-state index >= 15 is 0 Å². The number of piperidine rings is 1. The van der Waals surface area contributed by atoms with E-state index in [1.807, 2.05) is 42.3 Å². The maximum absolute atomic E-state index is 12.2. The third kappa shape index (κ3) is 4.53. The van der Waals surface area contributed by atoms with Crippen molar-refractivity contribution in [2.75, 3.05) is 33.3 Å². The first-order valence-corrected chi connectivity index (χ1v) is 7.41. The average Bonchev–Trinajstić information content (AvgIpc) is 2.52. The minimum atomic E-state index is 0.156. The molecular formula is C16H24N2O2. The molecule has 0 saturated carbocycles. The number of ether oxygens (including phenoxy) is 1. The van der Waals surface area contributed by atoms with E-state index in [1.165, 1.54) is 0 Å². The summed E-state index contributed by atoms with van der Waals surface area (Å²) in [6.45, 7) is 3.26. The SMILES string of the molecule is CN(CCCOc1ccccc1)C(=O)[C@@H]1CCCNC1.